The first-order valence-electron chi connectivity index (χ1n) is 15.6. The lowest BCUT2D eigenvalue weighted by Crippen LogP contribution is -2.10. The van der Waals surface area contributed by atoms with Gasteiger partial charge in [0.15, 0.2) is 0 Å². The predicted molar refractivity (Wildman–Crippen MR) is 183 cm³/mol. The van der Waals surface area contributed by atoms with Crippen LogP contribution < -0.4 is 0 Å². The Morgan fingerprint density at radius 3 is 1.69 bits per heavy atom. The molecule has 0 heterocycles. The summed E-state index contributed by atoms with van der Waals surface area (Å²) in [6.45, 7) is 20.7. The molecule has 6 rings (SSSR count). The molecule has 1 radical (unpaired) electrons. The van der Waals surface area contributed by atoms with Crippen LogP contribution in [0.1, 0.15) is 102 Å². The predicted octanol–water partition coefficient (Wildman–Crippen LogP) is 11.8. The Bertz CT molecular complexity index is 1710. The summed E-state index contributed by atoms with van der Waals surface area (Å²) in [6, 6.07) is 32.3. The molecule has 0 N–H and O–H groups in total. The first-order valence-corrected chi connectivity index (χ1v) is 15.6. The van der Waals surface area contributed by atoms with Crippen LogP contribution in [-0.4, -0.2) is 0 Å². The minimum Gasteiger partial charge on any atom is -0.0613 e. The summed E-state index contributed by atoms with van der Waals surface area (Å²) in [6.07, 6.45) is 4.92. The van der Waals surface area contributed by atoms with Crippen molar-refractivity contribution in [2.75, 3.05) is 0 Å². The maximum atomic E-state index is 2.46. The molecule has 0 fully saturated rings. The molecule has 4 aromatic rings. The Labute approximate surface area is 254 Å². The zero-order valence-corrected chi connectivity index (χ0v) is 26.9. The van der Waals surface area contributed by atoms with Crippen LogP contribution in [0.4, 0.5) is 0 Å². The molecule has 0 amide bonds. The van der Waals surface area contributed by atoms with Crippen LogP contribution in [0.15, 0.2) is 96.1 Å². The molecule has 213 valence electrons. The fourth-order valence-corrected chi connectivity index (χ4v) is 6.90. The fourth-order valence-electron chi connectivity index (χ4n) is 6.90. The molecule has 4 aromatic carbocycles. The molecule has 0 bridgehead atoms. The van der Waals surface area contributed by atoms with Crippen molar-refractivity contribution in [1.82, 2.24) is 0 Å². The zero-order valence-electron chi connectivity index (χ0n) is 26.9. The topological polar surface area (TPSA) is 0 Å². The van der Waals surface area contributed by atoms with E-state index in [1.54, 1.807) is 0 Å². The van der Waals surface area contributed by atoms with E-state index in [9.17, 15) is 0 Å². The second-order valence-electron chi connectivity index (χ2n) is 14.7. The average molecular weight is 550 g/mol. The molecule has 1 atom stereocenters. The second-order valence-corrected chi connectivity index (χ2v) is 14.7. The molecule has 0 nitrogen and oxygen atoms in total. The first-order chi connectivity index (χ1) is 19.8. The van der Waals surface area contributed by atoms with E-state index >= 15 is 0 Å². The van der Waals surface area contributed by atoms with Gasteiger partial charge < -0.3 is 0 Å². The summed E-state index contributed by atoms with van der Waals surface area (Å²) in [5.74, 6) is 0.687. The summed E-state index contributed by atoms with van der Waals surface area (Å²) in [4.78, 5) is 0. The highest BCUT2D eigenvalue weighted by Gasteiger charge is 2.36. The Morgan fingerprint density at radius 2 is 1.14 bits per heavy atom. The van der Waals surface area contributed by atoms with Crippen molar-refractivity contribution >= 4 is 11.6 Å². The third-order valence-electron chi connectivity index (χ3n) is 9.30. The highest BCUT2D eigenvalue weighted by atomic mass is 14.4. The Hall–Kier alpha value is -3.64. The van der Waals surface area contributed by atoms with Gasteiger partial charge in [-0.3, -0.25) is 0 Å². The van der Waals surface area contributed by atoms with E-state index in [2.05, 4.69) is 160 Å². The molecule has 0 saturated carbocycles. The van der Waals surface area contributed by atoms with Gasteiger partial charge in [0.25, 0.3) is 0 Å². The summed E-state index contributed by atoms with van der Waals surface area (Å²) < 4.78 is 0. The third kappa shape index (κ3) is 4.90. The van der Waals surface area contributed by atoms with Crippen molar-refractivity contribution in [3.63, 3.8) is 0 Å². The van der Waals surface area contributed by atoms with E-state index in [1.165, 1.54) is 72.4 Å². The molecule has 0 spiro atoms. The van der Waals surface area contributed by atoms with E-state index in [1.807, 2.05) is 0 Å². The molecular formula is C42H45. The van der Waals surface area contributed by atoms with Crippen LogP contribution in [0, 0.1) is 12.3 Å². The van der Waals surface area contributed by atoms with Gasteiger partial charge in [0, 0.05) is 12.3 Å². The SMILES string of the molecule is CC1=Cc2c(-c3ccc(C(C)(C)C)cc3)cccc2C1C1=C(C(C)C)[CH]c2cccc(-c3ccc(C(C)(C)C)cc3)c21. The number of fused-ring (bicyclic) bond motifs is 2. The summed E-state index contributed by atoms with van der Waals surface area (Å²) in [5.41, 5.74) is 18.2. The highest BCUT2D eigenvalue weighted by molar-refractivity contribution is 5.97. The van der Waals surface area contributed by atoms with Crippen molar-refractivity contribution in [3.8, 4) is 22.3 Å². The third-order valence-corrected chi connectivity index (χ3v) is 9.30. The molecular weight excluding hydrogens is 504 g/mol. The van der Waals surface area contributed by atoms with Gasteiger partial charge in [0.05, 0.1) is 0 Å². The molecule has 0 aromatic heterocycles. The van der Waals surface area contributed by atoms with Crippen LogP contribution >= 0.6 is 0 Å². The standard InChI is InChI=1S/C42H45/c1-26(2)36-25-30-12-10-14-34(29-18-22-32(23-19-29)42(7,8)9)39(30)40(36)38-27(3)24-37-33(13-11-15-35(37)38)28-16-20-31(21-17-28)41(4,5)6/h10-26,38H,1-9H3. The maximum absolute atomic E-state index is 2.46. The summed E-state index contributed by atoms with van der Waals surface area (Å²) in [7, 11) is 0. The van der Waals surface area contributed by atoms with Gasteiger partial charge in [-0.1, -0.05) is 158 Å². The van der Waals surface area contributed by atoms with Crippen LogP contribution in [0.2, 0.25) is 0 Å². The van der Waals surface area contributed by atoms with Crippen LogP contribution in [0.25, 0.3) is 33.9 Å². The van der Waals surface area contributed by atoms with E-state index in [-0.39, 0.29) is 16.7 Å². The van der Waals surface area contributed by atoms with Gasteiger partial charge in [0.2, 0.25) is 0 Å². The van der Waals surface area contributed by atoms with Crippen molar-refractivity contribution in [2.24, 2.45) is 5.92 Å². The number of hydrogen-bond donors (Lipinski definition) is 0. The molecule has 0 aliphatic heterocycles. The van der Waals surface area contributed by atoms with Gasteiger partial charge >= 0.3 is 0 Å². The molecule has 42 heavy (non-hydrogen) atoms. The van der Waals surface area contributed by atoms with Crippen LogP contribution in [0.5, 0.6) is 0 Å². The lowest BCUT2D eigenvalue weighted by molar-refractivity contribution is 0.590. The number of benzene rings is 4. The van der Waals surface area contributed by atoms with Gasteiger partial charge in [0.1, 0.15) is 0 Å². The van der Waals surface area contributed by atoms with Gasteiger partial charge in [-0.2, -0.15) is 0 Å². The Balaban J connectivity index is 1.49. The van der Waals surface area contributed by atoms with Crippen LogP contribution in [-0.2, 0) is 10.8 Å². The average Bonchev–Trinajstić information content (AvgIpc) is 3.49. The van der Waals surface area contributed by atoms with E-state index in [0.717, 1.165) is 0 Å². The van der Waals surface area contributed by atoms with Gasteiger partial charge in [-0.05, 0) is 84.9 Å². The normalized spacial score (nSPS) is 16.6. The van der Waals surface area contributed by atoms with Gasteiger partial charge in [-0.15, -0.1) is 0 Å². The van der Waals surface area contributed by atoms with E-state index in [0.29, 0.717) is 5.92 Å². The van der Waals surface area contributed by atoms with E-state index < -0.39 is 0 Å². The molecule has 1 unspecified atom stereocenters. The zero-order chi connectivity index (χ0) is 30.0. The molecule has 2 aliphatic carbocycles. The largest absolute Gasteiger partial charge is 0.0613 e. The maximum Gasteiger partial charge on any atom is 0.0311 e. The van der Waals surface area contributed by atoms with Gasteiger partial charge in [-0.25, -0.2) is 0 Å². The van der Waals surface area contributed by atoms with Crippen molar-refractivity contribution in [3.05, 3.63) is 136 Å². The van der Waals surface area contributed by atoms with Crippen molar-refractivity contribution < 1.29 is 0 Å². The Kier molecular flexibility index (Phi) is 6.96. The van der Waals surface area contributed by atoms with Crippen LogP contribution in [0.3, 0.4) is 0 Å². The summed E-state index contributed by atoms with van der Waals surface area (Å²) in [5, 5.41) is 0. The summed E-state index contributed by atoms with van der Waals surface area (Å²) >= 11 is 0. The molecule has 0 heteroatoms. The Morgan fingerprint density at radius 1 is 0.619 bits per heavy atom. The number of rotatable bonds is 4. The monoisotopic (exact) mass is 549 g/mol. The molecule has 0 saturated heterocycles. The molecule has 2 aliphatic rings. The van der Waals surface area contributed by atoms with Crippen molar-refractivity contribution in [1.29, 1.82) is 0 Å². The first kappa shape index (κ1) is 28.5. The second kappa shape index (κ2) is 10.3. The minimum atomic E-state index is 0.140. The quantitative estimate of drug-likeness (QED) is 0.237. The number of hydrogen-bond acceptors (Lipinski definition) is 0. The van der Waals surface area contributed by atoms with E-state index in [4.69, 9.17) is 0 Å². The highest BCUT2D eigenvalue weighted by Crippen LogP contribution is 2.55. The lowest BCUT2D eigenvalue weighted by atomic mass is 9.79. The lowest BCUT2D eigenvalue weighted by Gasteiger charge is -2.24. The smallest absolute Gasteiger partial charge is 0.0311 e. The number of allylic oxidation sites excluding steroid dienone is 3. The fraction of sp³-hybridized carbons (Fsp3) is 0.310. The minimum absolute atomic E-state index is 0.140. The van der Waals surface area contributed by atoms with Crippen molar-refractivity contribution in [2.45, 2.75) is 79.1 Å².